The van der Waals surface area contributed by atoms with Gasteiger partial charge < -0.3 is 5.73 Å². The molecule has 0 spiro atoms. The van der Waals surface area contributed by atoms with Crippen molar-refractivity contribution in [2.75, 3.05) is 6.54 Å². The SMILES string of the molecule is CC(N)CCNS(=O)(=O)c1ccc2cc(Br)ccc2c1.Cl. The number of fused-ring (bicyclic) bond motifs is 1. The fourth-order valence-corrected chi connectivity index (χ4v) is 3.33. The van der Waals surface area contributed by atoms with Crippen LogP contribution >= 0.6 is 28.3 Å². The normalized spacial score (nSPS) is 12.9. The highest BCUT2D eigenvalue weighted by atomic mass is 79.9. The Balaban J connectivity index is 0.00000220. The van der Waals surface area contributed by atoms with Gasteiger partial charge in [0.15, 0.2) is 0 Å². The first-order valence-corrected chi connectivity index (χ1v) is 8.61. The van der Waals surface area contributed by atoms with Crippen molar-refractivity contribution >= 4 is 49.1 Å². The number of rotatable bonds is 5. The van der Waals surface area contributed by atoms with Crippen molar-refractivity contribution in [1.29, 1.82) is 0 Å². The van der Waals surface area contributed by atoms with Gasteiger partial charge in [-0.3, -0.25) is 0 Å². The second-order valence-electron chi connectivity index (χ2n) is 4.82. The zero-order valence-electron chi connectivity index (χ0n) is 11.5. The van der Waals surface area contributed by atoms with Crippen molar-refractivity contribution in [3.63, 3.8) is 0 Å². The van der Waals surface area contributed by atoms with Gasteiger partial charge in [-0.1, -0.05) is 28.1 Å². The summed E-state index contributed by atoms with van der Waals surface area (Å²) >= 11 is 3.40. The van der Waals surface area contributed by atoms with Crippen molar-refractivity contribution in [3.8, 4) is 0 Å². The first kappa shape index (κ1) is 18.4. The predicted molar refractivity (Wildman–Crippen MR) is 92.4 cm³/mol. The van der Waals surface area contributed by atoms with Crippen LogP contribution in [0.15, 0.2) is 45.8 Å². The van der Waals surface area contributed by atoms with Gasteiger partial charge in [0.1, 0.15) is 0 Å². The van der Waals surface area contributed by atoms with Crippen LogP contribution in [0, 0.1) is 0 Å². The minimum absolute atomic E-state index is 0. The van der Waals surface area contributed by atoms with Crippen molar-refractivity contribution in [2.45, 2.75) is 24.3 Å². The number of halogens is 2. The van der Waals surface area contributed by atoms with Crippen molar-refractivity contribution in [3.05, 3.63) is 40.9 Å². The van der Waals surface area contributed by atoms with Crippen LogP contribution in [0.2, 0.25) is 0 Å². The molecular weight excluding hydrogens is 376 g/mol. The summed E-state index contributed by atoms with van der Waals surface area (Å²) in [5.74, 6) is 0. The molecule has 4 nitrogen and oxygen atoms in total. The van der Waals surface area contributed by atoms with Gasteiger partial charge in [0.2, 0.25) is 10.0 Å². The highest BCUT2D eigenvalue weighted by Crippen LogP contribution is 2.22. The summed E-state index contributed by atoms with van der Waals surface area (Å²) in [4.78, 5) is 0.275. The lowest BCUT2D eigenvalue weighted by molar-refractivity contribution is 0.572. The molecule has 0 heterocycles. The van der Waals surface area contributed by atoms with Crippen molar-refractivity contribution in [1.82, 2.24) is 4.72 Å². The number of hydrogen-bond donors (Lipinski definition) is 2. The van der Waals surface area contributed by atoms with Crippen LogP contribution in [0.1, 0.15) is 13.3 Å². The monoisotopic (exact) mass is 392 g/mol. The Bertz CT molecular complexity index is 720. The molecule has 116 valence electrons. The maximum Gasteiger partial charge on any atom is 0.240 e. The highest BCUT2D eigenvalue weighted by Gasteiger charge is 2.14. The lowest BCUT2D eigenvalue weighted by atomic mass is 10.1. The topological polar surface area (TPSA) is 72.2 Å². The van der Waals surface area contributed by atoms with E-state index in [-0.39, 0.29) is 23.3 Å². The third-order valence-electron chi connectivity index (χ3n) is 2.98. The lowest BCUT2D eigenvalue weighted by Gasteiger charge is -2.09. The molecule has 0 fully saturated rings. The van der Waals surface area contributed by atoms with E-state index >= 15 is 0 Å². The van der Waals surface area contributed by atoms with Crippen LogP contribution in [0.4, 0.5) is 0 Å². The average Bonchev–Trinajstić information content (AvgIpc) is 2.37. The fraction of sp³-hybridized carbons (Fsp3) is 0.286. The van der Waals surface area contributed by atoms with Gasteiger partial charge in [-0.05, 0) is 48.4 Å². The van der Waals surface area contributed by atoms with Gasteiger partial charge in [-0.15, -0.1) is 12.4 Å². The van der Waals surface area contributed by atoms with Gasteiger partial charge in [0, 0.05) is 17.1 Å². The number of hydrogen-bond acceptors (Lipinski definition) is 3. The lowest BCUT2D eigenvalue weighted by Crippen LogP contribution is -2.29. The van der Waals surface area contributed by atoms with Gasteiger partial charge in [0.05, 0.1) is 4.90 Å². The number of nitrogens with one attached hydrogen (secondary N) is 1. The van der Waals surface area contributed by atoms with Crippen LogP contribution in [-0.2, 0) is 10.0 Å². The first-order chi connectivity index (χ1) is 9.38. The molecule has 0 aliphatic heterocycles. The zero-order valence-corrected chi connectivity index (χ0v) is 14.8. The second-order valence-corrected chi connectivity index (χ2v) is 7.50. The largest absolute Gasteiger partial charge is 0.328 e. The Hall–Kier alpha value is -0.660. The molecule has 0 aliphatic rings. The molecule has 1 unspecified atom stereocenters. The molecule has 2 aromatic rings. The van der Waals surface area contributed by atoms with Crippen LogP contribution in [0.5, 0.6) is 0 Å². The quantitative estimate of drug-likeness (QED) is 0.820. The highest BCUT2D eigenvalue weighted by molar-refractivity contribution is 9.10. The molecule has 2 aromatic carbocycles. The maximum atomic E-state index is 12.2. The average molecular weight is 394 g/mol. The van der Waals surface area contributed by atoms with E-state index in [0.717, 1.165) is 15.2 Å². The summed E-state index contributed by atoms with van der Waals surface area (Å²) in [5.41, 5.74) is 5.61. The van der Waals surface area contributed by atoms with E-state index in [1.807, 2.05) is 25.1 Å². The van der Waals surface area contributed by atoms with Crippen LogP contribution in [0.3, 0.4) is 0 Å². The number of nitrogens with two attached hydrogens (primary N) is 1. The molecule has 0 saturated heterocycles. The Morgan fingerprint density at radius 3 is 2.48 bits per heavy atom. The number of sulfonamides is 1. The van der Waals surface area contributed by atoms with Crippen molar-refractivity contribution in [2.24, 2.45) is 5.73 Å². The summed E-state index contributed by atoms with van der Waals surface area (Å²) < 4.78 is 27.9. The summed E-state index contributed by atoms with van der Waals surface area (Å²) in [6.07, 6.45) is 0.611. The molecule has 0 aromatic heterocycles. The van der Waals surface area contributed by atoms with E-state index < -0.39 is 10.0 Å². The molecule has 7 heteroatoms. The Morgan fingerprint density at radius 2 is 1.81 bits per heavy atom. The van der Waals surface area contributed by atoms with Crippen LogP contribution in [-0.4, -0.2) is 21.0 Å². The van der Waals surface area contributed by atoms with E-state index in [0.29, 0.717) is 13.0 Å². The Morgan fingerprint density at radius 1 is 1.19 bits per heavy atom. The standard InChI is InChI=1S/C14H17BrN2O2S.ClH/c1-10(16)6-7-17-20(18,19)14-5-3-11-8-13(15)4-2-12(11)9-14;/h2-5,8-10,17H,6-7,16H2,1H3;1H. The van der Waals surface area contributed by atoms with E-state index in [2.05, 4.69) is 20.7 Å². The fourth-order valence-electron chi connectivity index (χ4n) is 1.87. The third kappa shape index (κ3) is 4.93. The third-order valence-corrected chi connectivity index (χ3v) is 4.93. The van der Waals surface area contributed by atoms with Gasteiger partial charge >= 0.3 is 0 Å². The van der Waals surface area contributed by atoms with Crippen LogP contribution < -0.4 is 10.5 Å². The van der Waals surface area contributed by atoms with E-state index in [1.54, 1.807) is 18.2 Å². The summed E-state index contributed by atoms with van der Waals surface area (Å²) in [6, 6.07) is 10.8. The molecule has 0 amide bonds. The second kappa shape index (κ2) is 7.56. The van der Waals surface area contributed by atoms with E-state index in [9.17, 15) is 8.42 Å². The molecule has 0 saturated carbocycles. The summed E-state index contributed by atoms with van der Waals surface area (Å²) in [6.45, 7) is 2.19. The molecular formula is C14H18BrClN2O2S. The first-order valence-electron chi connectivity index (χ1n) is 6.33. The molecule has 0 aliphatic carbocycles. The molecule has 2 rings (SSSR count). The Kier molecular flexibility index (Phi) is 6.62. The van der Waals surface area contributed by atoms with Crippen LogP contribution in [0.25, 0.3) is 10.8 Å². The zero-order chi connectivity index (χ0) is 14.8. The van der Waals surface area contributed by atoms with Crippen molar-refractivity contribution < 1.29 is 8.42 Å². The maximum absolute atomic E-state index is 12.2. The van der Waals surface area contributed by atoms with Gasteiger partial charge in [-0.2, -0.15) is 0 Å². The molecule has 3 N–H and O–H groups in total. The molecule has 1 atom stereocenters. The number of benzene rings is 2. The van der Waals surface area contributed by atoms with Gasteiger partial charge in [-0.25, -0.2) is 13.1 Å². The van der Waals surface area contributed by atoms with Gasteiger partial charge in [0.25, 0.3) is 0 Å². The molecule has 21 heavy (non-hydrogen) atoms. The smallest absolute Gasteiger partial charge is 0.240 e. The predicted octanol–water partition coefficient (Wildman–Crippen LogP) is 3.04. The minimum atomic E-state index is -3.47. The van der Waals surface area contributed by atoms with E-state index in [1.165, 1.54) is 0 Å². The molecule has 0 radical (unpaired) electrons. The Labute approximate surface area is 139 Å². The van der Waals surface area contributed by atoms with E-state index in [4.69, 9.17) is 5.73 Å². The summed E-state index contributed by atoms with van der Waals surface area (Å²) in [5, 5.41) is 1.89. The molecule has 0 bridgehead atoms. The summed E-state index contributed by atoms with van der Waals surface area (Å²) in [7, 11) is -3.47. The minimum Gasteiger partial charge on any atom is -0.328 e.